The van der Waals surface area contributed by atoms with Crippen LogP contribution in [-0.2, 0) is 6.54 Å². The van der Waals surface area contributed by atoms with Crippen molar-refractivity contribution >= 4 is 17.0 Å². The highest BCUT2D eigenvalue weighted by atomic mass is 16.5. The van der Waals surface area contributed by atoms with Gasteiger partial charge >= 0.3 is 0 Å². The van der Waals surface area contributed by atoms with Crippen LogP contribution in [0.5, 0.6) is 5.75 Å². The van der Waals surface area contributed by atoms with Crippen LogP contribution in [0.4, 0.5) is 0 Å². The molecule has 0 saturated heterocycles. The quantitative estimate of drug-likeness (QED) is 0.644. The first-order valence-corrected chi connectivity index (χ1v) is 6.97. The zero-order valence-electron chi connectivity index (χ0n) is 12.0. The number of fused-ring (bicyclic) bond motifs is 1. The minimum atomic E-state index is 0.674. The van der Waals surface area contributed by atoms with Gasteiger partial charge in [-0.1, -0.05) is 54.6 Å². The highest BCUT2D eigenvalue weighted by molar-refractivity contribution is 5.99. The summed E-state index contributed by atoms with van der Waals surface area (Å²) in [5, 5.41) is 2.48. The van der Waals surface area contributed by atoms with Crippen LogP contribution < -0.4 is 4.74 Å². The molecule has 0 saturated carbocycles. The Kier molecular flexibility index (Phi) is 3.97. The van der Waals surface area contributed by atoms with E-state index < -0.39 is 0 Å². The lowest BCUT2D eigenvalue weighted by Crippen LogP contribution is -1.87. The number of hydrogen-bond donors (Lipinski definition) is 0. The average Bonchev–Trinajstić information content (AvgIpc) is 2.56. The molecule has 0 atom stereocenters. The van der Waals surface area contributed by atoms with E-state index in [9.17, 15) is 0 Å². The van der Waals surface area contributed by atoms with Crippen LogP contribution in [0.15, 0.2) is 71.7 Å². The Morgan fingerprint density at radius 3 is 2.48 bits per heavy atom. The van der Waals surface area contributed by atoms with Crippen LogP contribution in [0, 0.1) is 0 Å². The van der Waals surface area contributed by atoms with Gasteiger partial charge in [-0.15, -0.1) is 0 Å². The summed E-state index contributed by atoms with van der Waals surface area (Å²) in [6.07, 6.45) is 1.95. The second kappa shape index (κ2) is 6.23. The molecular weight excluding hydrogens is 258 g/mol. The van der Waals surface area contributed by atoms with E-state index in [0.717, 1.165) is 11.3 Å². The van der Waals surface area contributed by atoms with Gasteiger partial charge in [0.05, 0.1) is 13.7 Å². The van der Waals surface area contributed by atoms with Crippen molar-refractivity contribution < 1.29 is 4.74 Å². The van der Waals surface area contributed by atoms with E-state index in [4.69, 9.17) is 4.74 Å². The molecule has 0 aliphatic carbocycles. The lowest BCUT2D eigenvalue weighted by atomic mass is 10.1. The topological polar surface area (TPSA) is 21.6 Å². The largest absolute Gasteiger partial charge is 0.497 e. The van der Waals surface area contributed by atoms with Crippen LogP contribution in [0.25, 0.3) is 10.8 Å². The third kappa shape index (κ3) is 3.11. The first kappa shape index (κ1) is 13.4. The molecule has 0 fully saturated rings. The molecule has 2 nitrogen and oxygen atoms in total. The first-order chi connectivity index (χ1) is 10.4. The molecule has 0 heterocycles. The zero-order valence-corrected chi connectivity index (χ0v) is 12.0. The number of aliphatic imine (C=N–C) groups is 1. The Morgan fingerprint density at radius 2 is 1.67 bits per heavy atom. The van der Waals surface area contributed by atoms with Gasteiger partial charge < -0.3 is 4.74 Å². The molecule has 3 aromatic carbocycles. The van der Waals surface area contributed by atoms with Crippen molar-refractivity contribution in [1.82, 2.24) is 0 Å². The molecule has 0 spiro atoms. The summed E-state index contributed by atoms with van der Waals surface area (Å²) in [7, 11) is 1.67. The molecular formula is C19H17NO. The average molecular weight is 275 g/mol. The highest BCUT2D eigenvalue weighted by Gasteiger charge is 1.97. The van der Waals surface area contributed by atoms with Gasteiger partial charge in [-0.3, -0.25) is 4.99 Å². The van der Waals surface area contributed by atoms with E-state index in [1.165, 1.54) is 16.3 Å². The minimum absolute atomic E-state index is 0.674. The van der Waals surface area contributed by atoms with Gasteiger partial charge in [-0.2, -0.15) is 0 Å². The molecule has 3 aromatic rings. The molecule has 0 N–H and O–H groups in total. The van der Waals surface area contributed by atoms with Crippen LogP contribution in [-0.4, -0.2) is 13.3 Å². The van der Waals surface area contributed by atoms with Gasteiger partial charge in [0.25, 0.3) is 0 Å². The maximum Gasteiger partial charge on any atom is 0.118 e. The maximum absolute atomic E-state index is 5.15. The van der Waals surface area contributed by atoms with Crippen LogP contribution in [0.2, 0.25) is 0 Å². The van der Waals surface area contributed by atoms with Gasteiger partial charge in [-0.05, 0) is 28.5 Å². The Labute approximate surface area is 124 Å². The number of rotatable bonds is 4. The summed E-state index contributed by atoms with van der Waals surface area (Å²) in [6.45, 7) is 0.674. The van der Waals surface area contributed by atoms with E-state index in [0.29, 0.717) is 6.54 Å². The molecule has 0 bridgehead atoms. The summed E-state index contributed by atoms with van der Waals surface area (Å²) in [5.74, 6) is 0.872. The predicted molar refractivity (Wildman–Crippen MR) is 88.2 cm³/mol. The number of nitrogens with zero attached hydrogens (tertiary/aromatic N) is 1. The van der Waals surface area contributed by atoms with Gasteiger partial charge in [-0.25, -0.2) is 0 Å². The fourth-order valence-corrected chi connectivity index (χ4v) is 2.34. The second-order valence-corrected chi connectivity index (χ2v) is 4.89. The van der Waals surface area contributed by atoms with Crippen molar-refractivity contribution in [1.29, 1.82) is 0 Å². The second-order valence-electron chi connectivity index (χ2n) is 4.89. The molecule has 0 amide bonds. The Bertz CT molecular complexity index is 755. The highest BCUT2D eigenvalue weighted by Crippen LogP contribution is 2.17. The molecule has 0 aromatic heterocycles. The molecule has 3 rings (SSSR count). The van der Waals surface area contributed by atoms with E-state index in [1.54, 1.807) is 7.11 Å². The Morgan fingerprint density at radius 1 is 0.905 bits per heavy atom. The molecule has 21 heavy (non-hydrogen) atoms. The molecule has 0 aliphatic rings. The summed E-state index contributed by atoms with van der Waals surface area (Å²) < 4.78 is 5.15. The van der Waals surface area contributed by atoms with E-state index in [-0.39, 0.29) is 0 Å². The molecule has 0 unspecified atom stereocenters. The van der Waals surface area contributed by atoms with Gasteiger partial charge in [0.15, 0.2) is 0 Å². The summed E-state index contributed by atoms with van der Waals surface area (Å²) >= 11 is 0. The summed E-state index contributed by atoms with van der Waals surface area (Å²) in [5.41, 5.74) is 2.33. The minimum Gasteiger partial charge on any atom is -0.497 e. The number of ether oxygens (including phenoxy) is 1. The van der Waals surface area contributed by atoms with Crippen molar-refractivity contribution in [3.8, 4) is 5.75 Å². The SMILES string of the molecule is COc1ccc(CN=Cc2cccc3ccccc23)cc1. The van der Waals surface area contributed by atoms with Crippen molar-refractivity contribution in [3.05, 3.63) is 77.9 Å². The molecule has 0 aliphatic heterocycles. The molecule has 0 radical (unpaired) electrons. The number of benzene rings is 3. The van der Waals surface area contributed by atoms with Gasteiger partial charge in [0.1, 0.15) is 5.75 Å². The predicted octanol–water partition coefficient (Wildman–Crippen LogP) is 4.47. The van der Waals surface area contributed by atoms with Crippen LogP contribution >= 0.6 is 0 Å². The van der Waals surface area contributed by atoms with Crippen molar-refractivity contribution in [2.45, 2.75) is 6.54 Å². The van der Waals surface area contributed by atoms with Crippen molar-refractivity contribution in [2.75, 3.05) is 7.11 Å². The Balaban J connectivity index is 1.78. The number of methoxy groups -OCH3 is 1. The standard InChI is InChI=1S/C19H17NO/c1-21-18-11-9-15(10-12-18)13-20-14-17-7-4-6-16-5-2-3-8-19(16)17/h2-12,14H,13H2,1H3. The normalized spacial score (nSPS) is 11.1. The molecule has 2 heteroatoms. The first-order valence-electron chi connectivity index (χ1n) is 6.97. The van der Waals surface area contributed by atoms with Gasteiger partial charge in [0.2, 0.25) is 0 Å². The lowest BCUT2D eigenvalue weighted by molar-refractivity contribution is 0.414. The third-order valence-electron chi connectivity index (χ3n) is 3.49. The lowest BCUT2D eigenvalue weighted by Gasteiger charge is -2.02. The van der Waals surface area contributed by atoms with Gasteiger partial charge in [0, 0.05) is 11.8 Å². The maximum atomic E-state index is 5.15. The zero-order chi connectivity index (χ0) is 14.5. The molecule has 104 valence electrons. The van der Waals surface area contributed by atoms with E-state index in [2.05, 4.69) is 47.5 Å². The number of hydrogen-bond acceptors (Lipinski definition) is 2. The van der Waals surface area contributed by atoms with E-state index in [1.807, 2.05) is 30.5 Å². The smallest absolute Gasteiger partial charge is 0.118 e. The van der Waals surface area contributed by atoms with Crippen LogP contribution in [0.3, 0.4) is 0 Å². The van der Waals surface area contributed by atoms with Crippen LogP contribution in [0.1, 0.15) is 11.1 Å². The monoisotopic (exact) mass is 275 g/mol. The summed E-state index contributed by atoms with van der Waals surface area (Å²) in [6, 6.07) is 22.7. The fourth-order valence-electron chi connectivity index (χ4n) is 2.34. The van der Waals surface area contributed by atoms with Crippen molar-refractivity contribution in [3.63, 3.8) is 0 Å². The fraction of sp³-hybridized carbons (Fsp3) is 0.105. The Hall–Kier alpha value is -2.61. The van der Waals surface area contributed by atoms with Crippen molar-refractivity contribution in [2.24, 2.45) is 4.99 Å². The summed E-state index contributed by atoms with van der Waals surface area (Å²) in [4.78, 5) is 4.55. The van der Waals surface area contributed by atoms with E-state index >= 15 is 0 Å². The third-order valence-corrected chi connectivity index (χ3v) is 3.49.